The first kappa shape index (κ1) is 29.6. The number of nitrogens with zero attached hydrogens (tertiary/aromatic N) is 2. The van der Waals surface area contributed by atoms with E-state index in [1.54, 1.807) is 62.6 Å². The van der Waals surface area contributed by atoms with Gasteiger partial charge in [-0.05, 0) is 60.0 Å². The van der Waals surface area contributed by atoms with Gasteiger partial charge in [-0.2, -0.15) is 0 Å². The van der Waals surface area contributed by atoms with Crippen LogP contribution in [0, 0.1) is 0 Å². The molecule has 12 heteroatoms. The van der Waals surface area contributed by atoms with Crippen molar-refractivity contribution in [1.82, 2.24) is 4.90 Å². The summed E-state index contributed by atoms with van der Waals surface area (Å²) < 4.78 is 25.9. The van der Waals surface area contributed by atoms with E-state index in [0.717, 1.165) is 16.1 Å². The molecule has 0 fully saturated rings. The van der Waals surface area contributed by atoms with Gasteiger partial charge in [-0.1, -0.05) is 35.9 Å². The first-order valence-corrected chi connectivity index (χ1v) is 14.8. The normalized spacial score (nSPS) is 13.7. The van der Waals surface area contributed by atoms with E-state index in [-0.39, 0.29) is 24.8 Å². The molecule has 0 aromatic heterocycles. The number of halogens is 1. The standard InChI is InChI=1S/C29H29ClN4O6S/c1-33(2)25(35)17-34(41(3,39)40)22-11-9-21(10-12-22)31-28(19-6-4-5-18(15-19)7-14-26(36)37)27-23-13-8-20(30)16-24(23)32-29(27)38/h4-6,8-13,15-16,31H,7,14,17H2,1-3H3,(H,32,38)(H,36,37). The van der Waals surface area contributed by atoms with Crippen LogP contribution in [0.4, 0.5) is 17.1 Å². The molecule has 3 aromatic carbocycles. The maximum absolute atomic E-state index is 13.2. The number of carboxylic acid groups (broad SMARTS) is 1. The Morgan fingerprint density at radius 2 is 1.73 bits per heavy atom. The van der Waals surface area contributed by atoms with Crippen molar-refractivity contribution in [2.75, 3.05) is 41.8 Å². The molecule has 1 aliphatic heterocycles. The third-order valence-corrected chi connectivity index (χ3v) is 7.80. The third-order valence-electron chi connectivity index (χ3n) is 6.42. The van der Waals surface area contributed by atoms with Crippen molar-refractivity contribution in [3.63, 3.8) is 0 Å². The van der Waals surface area contributed by atoms with Gasteiger partial charge in [-0.25, -0.2) is 8.42 Å². The van der Waals surface area contributed by atoms with Crippen LogP contribution in [0.25, 0.3) is 11.3 Å². The molecule has 2 amide bonds. The Bertz CT molecular complexity index is 1650. The molecule has 0 saturated carbocycles. The summed E-state index contributed by atoms with van der Waals surface area (Å²) in [6.45, 7) is -0.351. The summed E-state index contributed by atoms with van der Waals surface area (Å²) in [7, 11) is -0.652. The minimum atomic E-state index is -3.75. The fourth-order valence-corrected chi connectivity index (χ4v) is 5.35. The lowest BCUT2D eigenvalue weighted by Gasteiger charge is -2.24. The quantitative estimate of drug-likeness (QED) is 0.299. The largest absolute Gasteiger partial charge is 0.481 e. The van der Waals surface area contributed by atoms with Crippen molar-refractivity contribution in [2.45, 2.75) is 12.8 Å². The number of rotatable bonds is 10. The number of hydrogen-bond acceptors (Lipinski definition) is 6. The Kier molecular flexibility index (Phi) is 8.69. The van der Waals surface area contributed by atoms with Gasteiger partial charge in [0.25, 0.3) is 5.91 Å². The molecule has 0 atom stereocenters. The van der Waals surface area contributed by atoms with Crippen molar-refractivity contribution in [3.8, 4) is 0 Å². The summed E-state index contributed by atoms with van der Waals surface area (Å²) in [5.41, 5.74) is 4.32. The number of carboxylic acids is 1. The lowest BCUT2D eigenvalue weighted by molar-refractivity contribution is -0.137. The van der Waals surface area contributed by atoms with Gasteiger partial charge in [0, 0.05) is 36.8 Å². The van der Waals surface area contributed by atoms with Crippen LogP contribution in [0.2, 0.25) is 5.02 Å². The van der Waals surface area contributed by atoms with Crippen molar-refractivity contribution in [3.05, 3.63) is 88.4 Å². The lowest BCUT2D eigenvalue weighted by atomic mass is 9.97. The van der Waals surface area contributed by atoms with Gasteiger partial charge in [0.15, 0.2) is 0 Å². The van der Waals surface area contributed by atoms with E-state index in [2.05, 4.69) is 10.6 Å². The SMILES string of the molecule is CN(C)C(=O)CN(c1ccc(NC(=C2C(=O)Nc3cc(Cl)ccc32)c2cccc(CCC(=O)O)c2)cc1)S(C)(=O)=O. The Labute approximate surface area is 243 Å². The van der Waals surface area contributed by atoms with Crippen molar-refractivity contribution in [1.29, 1.82) is 0 Å². The number of anilines is 3. The number of benzene rings is 3. The highest BCUT2D eigenvalue weighted by molar-refractivity contribution is 7.92. The van der Waals surface area contributed by atoms with Crippen LogP contribution in [0.3, 0.4) is 0 Å². The zero-order valence-corrected chi connectivity index (χ0v) is 24.2. The Hall–Kier alpha value is -4.35. The first-order chi connectivity index (χ1) is 19.3. The fourth-order valence-electron chi connectivity index (χ4n) is 4.33. The number of amides is 2. The van der Waals surface area contributed by atoms with E-state index in [0.29, 0.717) is 50.9 Å². The predicted octanol–water partition coefficient (Wildman–Crippen LogP) is 4.14. The third kappa shape index (κ3) is 7.05. The summed E-state index contributed by atoms with van der Waals surface area (Å²) in [6.07, 6.45) is 1.30. The number of nitrogens with one attached hydrogen (secondary N) is 2. The molecule has 1 heterocycles. The summed E-state index contributed by atoms with van der Waals surface area (Å²) in [6, 6.07) is 18.8. The number of carbonyl (C=O) groups is 3. The molecule has 41 heavy (non-hydrogen) atoms. The Balaban J connectivity index is 1.76. The van der Waals surface area contributed by atoms with Crippen LogP contribution in [-0.4, -0.2) is 63.1 Å². The van der Waals surface area contributed by atoms with Crippen LogP contribution < -0.4 is 14.9 Å². The number of aliphatic carboxylic acids is 1. The predicted molar refractivity (Wildman–Crippen MR) is 160 cm³/mol. The monoisotopic (exact) mass is 596 g/mol. The molecule has 4 rings (SSSR count). The van der Waals surface area contributed by atoms with Gasteiger partial charge < -0.3 is 20.6 Å². The summed E-state index contributed by atoms with van der Waals surface area (Å²) in [4.78, 5) is 37.9. The molecule has 0 bridgehead atoms. The average molecular weight is 597 g/mol. The van der Waals surface area contributed by atoms with Crippen LogP contribution in [0.15, 0.2) is 66.7 Å². The second-order valence-electron chi connectivity index (χ2n) is 9.72. The number of sulfonamides is 1. The molecule has 0 radical (unpaired) electrons. The van der Waals surface area contributed by atoms with Gasteiger partial charge in [0.2, 0.25) is 15.9 Å². The lowest BCUT2D eigenvalue weighted by Crippen LogP contribution is -2.39. The molecule has 0 saturated heterocycles. The van der Waals surface area contributed by atoms with Gasteiger partial charge >= 0.3 is 5.97 Å². The topological polar surface area (TPSA) is 136 Å². The molecule has 3 N–H and O–H groups in total. The van der Waals surface area contributed by atoms with Crippen molar-refractivity contribution in [2.24, 2.45) is 0 Å². The summed E-state index contributed by atoms with van der Waals surface area (Å²) in [5.74, 6) is -1.63. The number of aryl methyl sites for hydroxylation is 1. The summed E-state index contributed by atoms with van der Waals surface area (Å²) >= 11 is 6.15. The number of fused-ring (bicyclic) bond motifs is 1. The number of hydrogen-bond donors (Lipinski definition) is 3. The molecular formula is C29H29ClN4O6S. The fraction of sp³-hybridized carbons (Fsp3) is 0.207. The van der Waals surface area contributed by atoms with Crippen LogP contribution >= 0.6 is 11.6 Å². The molecule has 214 valence electrons. The summed E-state index contributed by atoms with van der Waals surface area (Å²) in [5, 5.41) is 15.7. The Morgan fingerprint density at radius 3 is 2.37 bits per heavy atom. The van der Waals surface area contributed by atoms with Crippen LogP contribution in [0.1, 0.15) is 23.1 Å². The van der Waals surface area contributed by atoms with Gasteiger partial charge in [-0.3, -0.25) is 18.7 Å². The zero-order chi connectivity index (χ0) is 29.9. The van der Waals surface area contributed by atoms with Crippen molar-refractivity contribution < 1.29 is 27.9 Å². The molecule has 0 unspecified atom stereocenters. The van der Waals surface area contributed by atoms with Crippen LogP contribution in [0.5, 0.6) is 0 Å². The molecule has 10 nitrogen and oxygen atoms in total. The molecule has 0 aliphatic carbocycles. The average Bonchev–Trinajstić information content (AvgIpc) is 3.23. The van der Waals surface area contributed by atoms with Crippen molar-refractivity contribution >= 4 is 67.7 Å². The molecule has 1 aliphatic rings. The number of likely N-dealkylation sites (N-methyl/N-ethyl adjacent to an activating group) is 1. The van der Waals surface area contributed by atoms with Crippen LogP contribution in [-0.2, 0) is 30.8 Å². The smallest absolute Gasteiger partial charge is 0.303 e. The van der Waals surface area contributed by atoms with Gasteiger partial charge in [-0.15, -0.1) is 0 Å². The minimum absolute atomic E-state index is 0.0424. The number of carbonyl (C=O) groups excluding carboxylic acids is 2. The second kappa shape index (κ2) is 12.0. The van der Waals surface area contributed by atoms with E-state index in [9.17, 15) is 22.8 Å². The second-order valence-corrected chi connectivity index (χ2v) is 12.1. The molecule has 3 aromatic rings. The van der Waals surface area contributed by atoms with Gasteiger partial charge in [0.05, 0.1) is 28.9 Å². The highest BCUT2D eigenvalue weighted by atomic mass is 35.5. The maximum Gasteiger partial charge on any atom is 0.303 e. The van der Waals surface area contributed by atoms with E-state index < -0.39 is 16.0 Å². The molecule has 0 spiro atoms. The zero-order valence-electron chi connectivity index (χ0n) is 22.6. The van der Waals surface area contributed by atoms with E-state index in [4.69, 9.17) is 16.7 Å². The van der Waals surface area contributed by atoms with Gasteiger partial charge in [0.1, 0.15) is 6.54 Å². The van der Waals surface area contributed by atoms with E-state index in [1.165, 1.54) is 4.90 Å². The first-order valence-electron chi connectivity index (χ1n) is 12.5. The molecular weight excluding hydrogens is 568 g/mol. The van der Waals surface area contributed by atoms with E-state index >= 15 is 0 Å². The maximum atomic E-state index is 13.2. The highest BCUT2D eigenvalue weighted by Gasteiger charge is 2.29. The van der Waals surface area contributed by atoms with E-state index in [1.807, 2.05) is 18.2 Å². The highest BCUT2D eigenvalue weighted by Crippen LogP contribution is 2.39. The minimum Gasteiger partial charge on any atom is -0.481 e. The Morgan fingerprint density at radius 1 is 1.02 bits per heavy atom.